The number of alkyl halides is 2. The maximum atomic E-state index is 12.0. The molecule has 0 atom stereocenters. The number of halogens is 2. The van der Waals surface area contributed by atoms with Crippen LogP contribution in [0.5, 0.6) is 5.75 Å². The van der Waals surface area contributed by atoms with Gasteiger partial charge in [0.15, 0.2) is 0 Å². The van der Waals surface area contributed by atoms with Crippen LogP contribution < -0.4 is 4.74 Å². The fourth-order valence-electron chi connectivity index (χ4n) is 1.43. The van der Waals surface area contributed by atoms with Gasteiger partial charge in [-0.25, -0.2) is 12.7 Å². The molecule has 1 aromatic carbocycles. The predicted octanol–water partition coefficient (Wildman–Crippen LogP) is 3.20. The van der Waals surface area contributed by atoms with Crippen molar-refractivity contribution < 1.29 is 32.6 Å². The molecular formula is C12H17Cl2NO3RuS. The number of ether oxygens (including phenoxy) is 1. The van der Waals surface area contributed by atoms with Gasteiger partial charge >= 0.3 is 0 Å². The van der Waals surface area contributed by atoms with Crippen LogP contribution in [0.2, 0.25) is 0 Å². The van der Waals surface area contributed by atoms with Crippen LogP contribution in [0.4, 0.5) is 0 Å². The second-order valence-corrected chi connectivity index (χ2v) is 7.70. The van der Waals surface area contributed by atoms with Crippen molar-refractivity contribution in [3.63, 3.8) is 0 Å². The van der Waals surface area contributed by atoms with E-state index in [0.717, 1.165) is 4.31 Å². The summed E-state index contributed by atoms with van der Waals surface area (Å²) >= 11 is 11.7. The van der Waals surface area contributed by atoms with E-state index in [1.807, 2.05) is 13.8 Å². The van der Waals surface area contributed by atoms with Crippen LogP contribution in [0.15, 0.2) is 23.1 Å². The third kappa shape index (κ3) is 4.85. The topological polar surface area (TPSA) is 46.6 Å². The molecule has 0 aliphatic carbocycles. The molecule has 20 heavy (non-hydrogen) atoms. The van der Waals surface area contributed by atoms with Gasteiger partial charge in [0, 0.05) is 39.1 Å². The Hall–Kier alpha value is 0.133. The maximum Gasteiger partial charge on any atom is 0.242 e. The van der Waals surface area contributed by atoms with Crippen molar-refractivity contribution >= 4 is 33.2 Å². The Morgan fingerprint density at radius 1 is 1.20 bits per heavy atom. The Bertz CT molecular complexity index is 548. The third-order valence-electron chi connectivity index (χ3n) is 2.36. The van der Waals surface area contributed by atoms with E-state index in [9.17, 15) is 8.42 Å². The fourth-order valence-corrected chi connectivity index (χ4v) is 2.71. The van der Waals surface area contributed by atoms with Gasteiger partial charge in [0.2, 0.25) is 10.0 Å². The summed E-state index contributed by atoms with van der Waals surface area (Å²) in [4.78, 5) is -0.721. The molecule has 116 valence electrons. The molecule has 1 rings (SSSR count). The molecule has 0 bridgehead atoms. The Morgan fingerprint density at radius 2 is 1.75 bits per heavy atom. The smallest absolute Gasteiger partial charge is 0.242 e. The van der Waals surface area contributed by atoms with E-state index in [1.54, 1.807) is 6.07 Å². The molecule has 0 aromatic heterocycles. The summed E-state index contributed by atoms with van der Waals surface area (Å²) in [5.74, 6) is 0.489. The van der Waals surface area contributed by atoms with Crippen molar-refractivity contribution in [2.24, 2.45) is 0 Å². The van der Waals surface area contributed by atoms with E-state index in [1.165, 1.54) is 26.2 Å². The molecule has 0 radical (unpaired) electrons. The van der Waals surface area contributed by atoms with Gasteiger partial charge in [0.1, 0.15) is 10.6 Å². The van der Waals surface area contributed by atoms with Gasteiger partial charge < -0.3 is 4.74 Å². The second-order valence-electron chi connectivity index (χ2n) is 4.45. The predicted molar refractivity (Wildman–Crippen MR) is 77.5 cm³/mol. The van der Waals surface area contributed by atoms with Crippen LogP contribution in [-0.4, -0.2) is 32.9 Å². The normalized spacial score (nSPS) is 11.8. The minimum atomic E-state index is -3.52. The molecule has 0 N–H and O–H groups in total. The number of nitrogens with zero attached hydrogens (tertiary/aromatic N) is 1. The Morgan fingerprint density at radius 3 is 2.15 bits per heavy atom. The molecule has 0 amide bonds. The van der Waals surface area contributed by atoms with E-state index in [0.29, 0.717) is 11.3 Å². The summed E-state index contributed by atoms with van der Waals surface area (Å²) in [6.45, 7) is 3.73. The van der Waals surface area contributed by atoms with Gasteiger partial charge in [-0.1, -0.05) is 23.2 Å². The molecule has 0 unspecified atom stereocenters. The summed E-state index contributed by atoms with van der Waals surface area (Å²) in [5.41, 5.74) is 0.444. The van der Waals surface area contributed by atoms with Crippen molar-refractivity contribution in [2.45, 2.75) is 29.7 Å². The zero-order valence-corrected chi connectivity index (χ0v) is 15.6. The number of hydrogen-bond donors (Lipinski definition) is 0. The van der Waals surface area contributed by atoms with Crippen LogP contribution in [0.25, 0.3) is 0 Å². The Kier molecular flexibility index (Phi) is 8.00. The quantitative estimate of drug-likeness (QED) is 0.536. The van der Waals surface area contributed by atoms with Crippen molar-refractivity contribution in [3.8, 4) is 5.75 Å². The Labute approximate surface area is 143 Å². The molecule has 8 heteroatoms. The molecule has 0 aliphatic heterocycles. The van der Waals surface area contributed by atoms with Crippen molar-refractivity contribution in [2.75, 3.05) is 14.1 Å². The SMILES string of the molecule is CC(C)Oc1ccc(S(=O)(=O)N(C)C)cc1C(Cl)Cl.[Ru]. The summed E-state index contributed by atoms with van der Waals surface area (Å²) in [5, 5.41) is 0. The molecule has 1 aromatic rings. The molecule has 0 saturated heterocycles. The average molecular weight is 427 g/mol. The van der Waals surface area contributed by atoms with E-state index >= 15 is 0 Å². The number of hydrogen-bond acceptors (Lipinski definition) is 3. The van der Waals surface area contributed by atoms with E-state index < -0.39 is 14.9 Å². The first-order chi connectivity index (χ1) is 8.66. The summed E-state index contributed by atoms with van der Waals surface area (Å²) in [6, 6.07) is 4.49. The molecule has 0 fully saturated rings. The molecule has 0 spiro atoms. The first-order valence-electron chi connectivity index (χ1n) is 5.67. The van der Waals surface area contributed by atoms with Crippen molar-refractivity contribution in [1.82, 2.24) is 4.31 Å². The van der Waals surface area contributed by atoms with Gasteiger partial charge in [-0.15, -0.1) is 0 Å². The monoisotopic (exact) mass is 427 g/mol. The third-order valence-corrected chi connectivity index (χ3v) is 4.64. The summed E-state index contributed by atoms with van der Waals surface area (Å²) in [7, 11) is -0.588. The minimum Gasteiger partial charge on any atom is -0.491 e. The average Bonchev–Trinajstić information content (AvgIpc) is 2.27. The molecule has 0 heterocycles. The maximum absolute atomic E-state index is 12.0. The summed E-state index contributed by atoms with van der Waals surface area (Å²) in [6.07, 6.45) is -0.0536. The zero-order valence-electron chi connectivity index (χ0n) is 11.6. The number of rotatable bonds is 5. The van der Waals surface area contributed by atoms with Crippen LogP contribution in [-0.2, 0) is 29.5 Å². The van der Waals surface area contributed by atoms with Gasteiger partial charge in [0.05, 0.1) is 11.0 Å². The molecule has 0 aliphatic rings. The first-order valence-corrected chi connectivity index (χ1v) is 7.99. The first kappa shape index (κ1) is 20.1. The van der Waals surface area contributed by atoms with E-state index in [2.05, 4.69) is 0 Å². The number of sulfonamides is 1. The van der Waals surface area contributed by atoms with Gasteiger partial charge in [-0.05, 0) is 32.0 Å². The van der Waals surface area contributed by atoms with Gasteiger partial charge in [-0.3, -0.25) is 0 Å². The van der Waals surface area contributed by atoms with Crippen LogP contribution >= 0.6 is 23.2 Å². The van der Waals surface area contributed by atoms with Crippen LogP contribution in [0.3, 0.4) is 0 Å². The van der Waals surface area contributed by atoms with Crippen LogP contribution in [0, 0.1) is 0 Å². The standard InChI is InChI=1S/C12H17Cl2NO3S.Ru/c1-8(2)18-11-6-5-9(7-10(11)12(13)14)19(16,17)15(3)4;/h5-8,12H,1-4H3;. The van der Waals surface area contributed by atoms with E-state index in [4.69, 9.17) is 27.9 Å². The summed E-state index contributed by atoms with van der Waals surface area (Å²) < 4.78 is 30.8. The minimum absolute atomic E-state index is 0. The largest absolute Gasteiger partial charge is 0.491 e. The second kappa shape index (κ2) is 7.95. The van der Waals surface area contributed by atoms with E-state index in [-0.39, 0.29) is 30.5 Å². The van der Waals surface area contributed by atoms with Crippen molar-refractivity contribution in [1.29, 1.82) is 0 Å². The molecular weight excluding hydrogens is 410 g/mol. The van der Waals surface area contributed by atoms with Gasteiger partial charge in [0.25, 0.3) is 0 Å². The van der Waals surface area contributed by atoms with Gasteiger partial charge in [-0.2, -0.15) is 0 Å². The van der Waals surface area contributed by atoms with Crippen LogP contribution in [0.1, 0.15) is 24.2 Å². The zero-order chi connectivity index (χ0) is 14.8. The number of benzene rings is 1. The molecule has 0 saturated carbocycles. The fraction of sp³-hybridized carbons (Fsp3) is 0.500. The Balaban J connectivity index is 0.00000361. The van der Waals surface area contributed by atoms with Crippen molar-refractivity contribution in [3.05, 3.63) is 23.8 Å². The molecule has 4 nitrogen and oxygen atoms in total.